The molecule has 0 amide bonds. The first kappa shape index (κ1) is 7.07. The number of fused-ring (bicyclic) bond motifs is 1. The zero-order chi connectivity index (χ0) is 7.68. The Balaban J connectivity index is 2.69. The summed E-state index contributed by atoms with van der Waals surface area (Å²) in [6, 6.07) is 6.03. The highest BCUT2D eigenvalue weighted by molar-refractivity contribution is 7.19. The van der Waals surface area contributed by atoms with Gasteiger partial charge in [-0.2, -0.15) is 0 Å². The van der Waals surface area contributed by atoms with E-state index in [-0.39, 0.29) is 0 Å². The topological polar surface area (TPSA) is 12.9 Å². The molecule has 2 heterocycles. The molecule has 0 saturated carbocycles. The van der Waals surface area contributed by atoms with E-state index in [1.54, 1.807) is 17.5 Å². The summed E-state index contributed by atoms with van der Waals surface area (Å²) in [5, 5.41) is 0. The monoisotopic (exact) mass is 183 g/mol. The molecule has 0 aromatic carbocycles. The van der Waals surface area contributed by atoms with Crippen LogP contribution >= 0.6 is 22.9 Å². The number of halogens is 1. The van der Waals surface area contributed by atoms with Crippen LogP contribution < -0.4 is 0 Å². The Morgan fingerprint density at radius 2 is 2.45 bits per heavy atom. The molecule has 0 N–H and O–H groups in total. The van der Waals surface area contributed by atoms with Crippen molar-refractivity contribution in [1.82, 2.24) is 4.98 Å². The molecule has 0 aliphatic rings. The van der Waals surface area contributed by atoms with Gasteiger partial charge in [0.25, 0.3) is 0 Å². The molecular formula is C8H6ClNS. The van der Waals surface area contributed by atoms with Crippen molar-refractivity contribution in [3.8, 4) is 0 Å². The molecule has 2 rings (SSSR count). The lowest BCUT2D eigenvalue weighted by Crippen LogP contribution is -1.67. The predicted molar refractivity (Wildman–Crippen MR) is 49.2 cm³/mol. The normalized spacial score (nSPS) is 10.6. The maximum Gasteiger partial charge on any atom is 0.0812 e. The molecule has 0 spiro atoms. The van der Waals surface area contributed by atoms with Crippen molar-refractivity contribution in [2.75, 3.05) is 0 Å². The van der Waals surface area contributed by atoms with E-state index < -0.39 is 0 Å². The van der Waals surface area contributed by atoms with Crippen LogP contribution in [0.2, 0.25) is 0 Å². The molecule has 1 nitrogen and oxygen atoms in total. The van der Waals surface area contributed by atoms with E-state index in [0.29, 0.717) is 5.88 Å². The van der Waals surface area contributed by atoms with Gasteiger partial charge in [0.15, 0.2) is 0 Å². The minimum Gasteiger partial charge on any atom is -0.255 e. The average molecular weight is 184 g/mol. The Morgan fingerprint density at radius 3 is 3.18 bits per heavy atom. The highest BCUT2D eigenvalue weighted by atomic mass is 35.5. The zero-order valence-electron chi connectivity index (χ0n) is 5.75. The number of rotatable bonds is 1. The fraction of sp³-hybridized carbons (Fsp3) is 0.125. The Bertz CT molecular complexity index is 336. The van der Waals surface area contributed by atoms with Crippen LogP contribution in [0, 0.1) is 0 Å². The molecule has 0 aliphatic carbocycles. The number of nitrogens with zero attached hydrogens (tertiary/aromatic N) is 1. The van der Waals surface area contributed by atoms with Crippen LogP contribution in [0.15, 0.2) is 24.4 Å². The van der Waals surface area contributed by atoms with Crippen LogP contribution in [0.1, 0.15) is 4.88 Å². The van der Waals surface area contributed by atoms with E-state index >= 15 is 0 Å². The third-order valence-electron chi connectivity index (χ3n) is 1.47. The maximum atomic E-state index is 5.68. The van der Waals surface area contributed by atoms with Crippen molar-refractivity contribution in [3.63, 3.8) is 0 Å². The third kappa shape index (κ3) is 1.24. The summed E-state index contributed by atoms with van der Waals surface area (Å²) in [6.45, 7) is 0. The van der Waals surface area contributed by atoms with Gasteiger partial charge in [-0.3, -0.25) is 4.98 Å². The van der Waals surface area contributed by atoms with Crippen LogP contribution in [0.5, 0.6) is 0 Å². The largest absolute Gasteiger partial charge is 0.255 e. The molecule has 56 valence electrons. The second kappa shape index (κ2) is 2.80. The first-order valence-corrected chi connectivity index (χ1v) is 4.64. The van der Waals surface area contributed by atoms with Crippen molar-refractivity contribution in [1.29, 1.82) is 0 Å². The first-order chi connectivity index (χ1) is 5.40. The third-order valence-corrected chi connectivity index (χ3v) is 3.01. The van der Waals surface area contributed by atoms with Crippen LogP contribution in [0.25, 0.3) is 10.2 Å². The van der Waals surface area contributed by atoms with Crippen LogP contribution in [0.3, 0.4) is 0 Å². The van der Waals surface area contributed by atoms with E-state index in [0.717, 1.165) is 5.52 Å². The Kier molecular flexibility index (Phi) is 1.80. The molecule has 0 aliphatic heterocycles. The SMILES string of the molecule is ClCc1cc2ncccc2s1. The van der Waals surface area contributed by atoms with Gasteiger partial charge in [0.2, 0.25) is 0 Å². The van der Waals surface area contributed by atoms with Gasteiger partial charge >= 0.3 is 0 Å². The summed E-state index contributed by atoms with van der Waals surface area (Å²) >= 11 is 7.38. The number of pyridine rings is 1. The summed E-state index contributed by atoms with van der Waals surface area (Å²) in [5.74, 6) is 0.584. The fourth-order valence-corrected chi connectivity index (χ4v) is 2.10. The lowest BCUT2D eigenvalue weighted by molar-refractivity contribution is 1.42. The summed E-state index contributed by atoms with van der Waals surface area (Å²) in [5.41, 5.74) is 1.05. The predicted octanol–water partition coefficient (Wildman–Crippen LogP) is 3.04. The number of thiophene rings is 1. The van der Waals surface area contributed by atoms with E-state index in [9.17, 15) is 0 Å². The molecule has 0 unspecified atom stereocenters. The molecule has 11 heavy (non-hydrogen) atoms. The standard InChI is InChI=1S/C8H6ClNS/c9-5-6-4-7-8(11-6)2-1-3-10-7/h1-4H,5H2. The van der Waals surface area contributed by atoms with Crippen molar-refractivity contribution in [2.45, 2.75) is 5.88 Å². The molecule has 0 bridgehead atoms. The van der Waals surface area contributed by atoms with Gasteiger partial charge in [-0.1, -0.05) is 0 Å². The van der Waals surface area contributed by atoms with Crippen molar-refractivity contribution in [2.24, 2.45) is 0 Å². The molecular weight excluding hydrogens is 178 g/mol. The number of alkyl halides is 1. The van der Waals surface area contributed by atoms with Gasteiger partial charge in [-0.25, -0.2) is 0 Å². The fourth-order valence-electron chi connectivity index (χ4n) is 0.987. The van der Waals surface area contributed by atoms with Crippen molar-refractivity contribution < 1.29 is 0 Å². The highest BCUT2D eigenvalue weighted by Crippen LogP contribution is 2.24. The van der Waals surface area contributed by atoms with Gasteiger partial charge in [0, 0.05) is 11.1 Å². The Morgan fingerprint density at radius 1 is 1.55 bits per heavy atom. The minimum absolute atomic E-state index is 0.584. The molecule has 0 fully saturated rings. The molecule has 2 aromatic rings. The molecule has 0 radical (unpaired) electrons. The Labute approximate surface area is 73.6 Å². The van der Waals surface area contributed by atoms with Crippen molar-refractivity contribution >= 4 is 33.2 Å². The van der Waals surface area contributed by atoms with Crippen molar-refractivity contribution in [3.05, 3.63) is 29.3 Å². The van der Waals surface area contributed by atoms with Gasteiger partial charge in [0.1, 0.15) is 0 Å². The van der Waals surface area contributed by atoms with Crippen LogP contribution in [-0.4, -0.2) is 4.98 Å². The molecule has 2 aromatic heterocycles. The smallest absolute Gasteiger partial charge is 0.0812 e. The van der Waals surface area contributed by atoms with Gasteiger partial charge in [-0.15, -0.1) is 22.9 Å². The number of hydrogen-bond acceptors (Lipinski definition) is 2. The zero-order valence-corrected chi connectivity index (χ0v) is 7.32. The van der Waals surface area contributed by atoms with Crippen LogP contribution in [0.4, 0.5) is 0 Å². The summed E-state index contributed by atoms with van der Waals surface area (Å²) in [4.78, 5) is 5.38. The van der Waals surface area contributed by atoms with Gasteiger partial charge in [0.05, 0.1) is 16.1 Å². The number of aromatic nitrogens is 1. The lowest BCUT2D eigenvalue weighted by Gasteiger charge is -1.81. The van der Waals surface area contributed by atoms with E-state index in [1.807, 2.05) is 12.1 Å². The second-order valence-corrected chi connectivity index (χ2v) is 3.67. The van der Waals surface area contributed by atoms with E-state index in [4.69, 9.17) is 11.6 Å². The van der Waals surface area contributed by atoms with E-state index in [1.165, 1.54) is 9.58 Å². The quantitative estimate of drug-likeness (QED) is 0.620. The molecule has 3 heteroatoms. The summed E-state index contributed by atoms with van der Waals surface area (Å²) in [7, 11) is 0. The molecule has 0 atom stereocenters. The van der Waals surface area contributed by atoms with Crippen LogP contribution in [-0.2, 0) is 5.88 Å². The lowest BCUT2D eigenvalue weighted by atomic mass is 10.4. The van der Waals surface area contributed by atoms with Gasteiger partial charge < -0.3 is 0 Å². The first-order valence-electron chi connectivity index (χ1n) is 3.29. The van der Waals surface area contributed by atoms with Gasteiger partial charge in [-0.05, 0) is 18.2 Å². The summed E-state index contributed by atoms with van der Waals surface area (Å²) < 4.78 is 1.21. The number of hydrogen-bond donors (Lipinski definition) is 0. The van der Waals surface area contributed by atoms with E-state index in [2.05, 4.69) is 11.1 Å². The second-order valence-electron chi connectivity index (χ2n) is 2.23. The summed E-state index contributed by atoms with van der Waals surface area (Å²) in [6.07, 6.45) is 1.80. The minimum atomic E-state index is 0.584. The Hall–Kier alpha value is -0.600. The molecule has 0 saturated heterocycles. The highest BCUT2D eigenvalue weighted by Gasteiger charge is 1.99. The average Bonchev–Trinajstić information content (AvgIpc) is 2.46. The maximum absolute atomic E-state index is 5.68.